The number of nitrogens with zero attached hydrogens (tertiary/aromatic N) is 1. The third kappa shape index (κ3) is 2.90. The number of aromatic nitrogens is 1. The van der Waals surface area contributed by atoms with Crippen LogP contribution in [0.4, 0.5) is 0 Å². The summed E-state index contributed by atoms with van der Waals surface area (Å²) in [5.41, 5.74) is 3.87. The second-order valence-corrected chi connectivity index (χ2v) is 5.55. The van der Waals surface area contributed by atoms with Crippen LogP contribution in [-0.4, -0.2) is 23.6 Å². The van der Waals surface area contributed by atoms with E-state index in [9.17, 15) is 10.1 Å². The van der Waals surface area contributed by atoms with Gasteiger partial charge < -0.3 is 9.72 Å². The zero-order valence-corrected chi connectivity index (χ0v) is 13.1. The van der Waals surface area contributed by atoms with Gasteiger partial charge in [-0.05, 0) is 36.2 Å². The molecule has 0 amide bonds. The van der Waals surface area contributed by atoms with Crippen molar-refractivity contribution in [1.29, 1.82) is 0 Å². The number of hydrogen-bond donors (Lipinski definition) is 1. The Hall–Kier alpha value is -2.82. The number of aromatic amines is 1. The van der Waals surface area contributed by atoms with Crippen molar-refractivity contribution in [3.8, 4) is 5.75 Å². The molecule has 0 spiro atoms. The van der Waals surface area contributed by atoms with Crippen molar-refractivity contribution in [2.45, 2.75) is 12.8 Å². The van der Waals surface area contributed by atoms with Crippen LogP contribution in [0.25, 0.3) is 10.9 Å². The Morgan fingerprint density at radius 3 is 2.52 bits per heavy atom. The number of H-pyrrole nitrogens is 1. The smallest absolute Gasteiger partial charge is 0.214 e. The molecule has 118 valence electrons. The lowest BCUT2D eigenvalue weighted by atomic mass is 9.89. The van der Waals surface area contributed by atoms with Crippen LogP contribution in [-0.2, 0) is 0 Å². The normalized spacial score (nSPS) is 12.3. The minimum absolute atomic E-state index is 0.144. The summed E-state index contributed by atoms with van der Waals surface area (Å²) in [6, 6.07) is 15.4. The highest BCUT2D eigenvalue weighted by atomic mass is 16.6. The zero-order valence-electron chi connectivity index (χ0n) is 13.1. The van der Waals surface area contributed by atoms with E-state index in [0.717, 1.165) is 33.5 Å². The fraction of sp³-hybridized carbons (Fsp3) is 0.222. The molecule has 0 aliphatic carbocycles. The topological polar surface area (TPSA) is 68.2 Å². The monoisotopic (exact) mass is 310 g/mol. The molecule has 0 aliphatic heterocycles. The van der Waals surface area contributed by atoms with Crippen LogP contribution >= 0.6 is 0 Å². The summed E-state index contributed by atoms with van der Waals surface area (Å²) in [6.45, 7) is 1.82. The lowest BCUT2D eigenvalue weighted by Crippen LogP contribution is -2.14. The molecule has 0 bridgehead atoms. The van der Waals surface area contributed by atoms with Crippen LogP contribution < -0.4 is 4.74 Å². The number of aryl methyl sites for hydroxylation is 1. The van der Waals surface area contributed by atoms with Crippen LogP contribution in [0.5, 0.6) is 5.75 Å². The fourth-order valence-corrected chi connectivity index (χ4v) is 3.10. The van der Waals surface area contributed by atoms with Gasteiger partial charge >= 0.3 is 0 Å². The standard InChI is InChI=1S/C18H18N2O3/c1-12-18(15-5-3-4-6-17(15)19-12)16(11-20(21)22)13-7-9-14(23-2)10-8-13/h3-10,16,19H,11H2,1-2H3/t16-/m1/s1. The molecular formula is C18H18N2O3. The van der Waals surface area contributed by atoms with Crippen molar-refractivity contribution < 1.29 is 9.66 Å². The number of para-hydroxylation sites is 1. The molecule has 0 saturated heterocycles. The van der Waals surface area contributed by atoms with E-state index in [1.54, 1.807) is 7.11 Å². The lowest BCUT2D eigenvalue weighted by Gasteiger charge is -2.15. The molecule has 3 rings (SSSR count). The van der Waals surface area contributed by atoms with Gasteiger partial charge in [0.15, 0.2) is 0 Å². The second-order valence-electron chi connectivity index (χ2n) is 5.55. The molecule has 0 radical (unpaired) electrons. The average molecular weight is 310 g/mol. The number of fused-ring (bicyclic) bond motifs is 1. The van der Waals surface area contributed by atoms with Crippen molar-refractivity contribution in [3.05, 3.63) is 75.5 Å². The summed E-state index contributed by atoms with van der Waals surface area (Å²) in [6.07, 6.45) is 0. The molecule has 5 nitrogen and oxygen atoms in total. The van der Waals surface area contributed by atoms with Crippen molar-refractivity contribution >= 4 is 10.9 Å². The number of ether oxygens (including phenoxy) is 1. The maximum Gasteiger partial charge on any atom is 0.214 e. The van der Waals surface area contributed by atoms with Gasteiger partial charge in [0.1, 0.15) is 5.75 Å². The van der Waals surface area contributed by atoms with E-state index in [1.807, 2.05) is 55.5 Å². The van der Waals surface area contributed by atoms with Gasteiger partial charge in [-0.2, -0.15) is 0 Å². The Morgan fingerprint density at radius 1 is 1.17 bits per heavy atom. The highest BCUT2D eigenvalue weighted by Gasteiger charge is 2.25. The van der Waals surface area contributed by atoms with E-state index < -0.39 is 0 Å². The number of rotatable bonds is 5. The fourth-order valence-electron chi connectivity index (χ4n) is 3.10. The molecule has 0 aliphatic rings. The maximum absolute atomic E-state index is 11.2. The van der Waals surface area contributed by atoms with Gasteiger partial charge in [0.25, 0.3) is 0 Å². The Kier molecular flexibility index (Phi) is 4.02. The van der Waals surface area contributed by atoms with Gasteiger partial charge in [0, 0.05) is 21.5 Å². The van der Waals surface area contributed by atoms with Crippen molar-refractivity contribution in [2.24, 2.45) is 0 Å². The Labute approximate surface area is 134 Å². The molecule has 1 N–H and O–H groups in total. The molecule has 0 fully saturated rings. The van der Waals surface area contributed by atoms with Crippen LogP contribution in [0.1, 0.15) is 22.7 Å². The molecule has 23 heavy (non-hydrogen) atoms. The molecule has 3 aromatic rings. The summed E-state index contributed by atoms with van der Waals surface area (Å²) in [4.78, 5) is 14.3. The first kappa shape index (κ1) is 15.1. The summed E-state index contributed by atoms with van der Waals surface area (Å²) in [7, 11) is 1.60. The highest BCUT2D eigenvalue weighted by Crippen LogP contribution is 2.34. The van der Waals surface area contributed by atoms with E-state index in [-0.39, 0.29) is 17.4 Å². The Morgan fingerprint density at radius 2 is 1.87 bits per heavy atom. The first-order valence-corrected chi connectivity index (χ1v) is 7.43. The third-order valence-corrected chi connectivity index (χ3v) is 4.14. The van der Waals surface area contributed by atoms with Gasteiger partial charge in [-0.3, -0.25) is 10.1 Å². The van der Waals surface area contributed by atoms with E-state index >= 15 is 0 Å². The summed E-state index contributed by atoms with van der Waals surface area (Å²) >= 11 is 0. The highest BCUT2D eigenvalue weighted by molar-refractivity contribution is 5.85. The van der Waals surface area contributed by atoms with Crippen LogP contribution in [0.2, 0.25) is 0 Å². The predicted octanol–water partition coefficient (Wildman–Crippen LogP) is 3.89. The van der Waals surface area contributed by atoms with Crippen LogP contribution in [0, 0.1) is 17.0 Å². The number of methoxy groups -OCH3 is 1. The summed E-state index contributed by atoms with van der Waals surface area (Å²) in [5, 5.41) is 12.3. The third-order valence-electron chi connectivity index (χ3n) is 4.14. The molecule has 0 saturated carbocycles. The van der Waals surface area contributed by atoms with E-state index in [0.29, 0.717) is 0 Å². The SMILES string of the molecule is COc1ccc([C@@H](C[N+](=O)[O-])c2c(C)[nH]c3ccccc23)cc1. The molecule has 1 aromatic heterocycles. The van der Waals surface area contributed by atoms with E-state index in [2.05, 4.69) is 4.98 Å². The second kappa shape index (κ2) is 6.12. The van der Waals surface area contributed by atoms with Gasteiger partial charge in [0.2, 0.25) is 6.54 Å². The average Bonchev–Trinajstić information content (AvgIpc) is 2.88. The first-order chi connectivity index (χ1) is 11.1. The quantitative estimate of drug-likeness (QED) is 0.574. The summed E-state index contributed by atoms with van der Waals surface area (Å²) in [5.74, 6) is 0.441. The van der Waals surface area contributed by atoms with E-state index in [4.69, 9.17) is 4.74 Å². The minimum Gasteiger partial charge on any atom is -0.497 e. The van der Waals surface area contributed by atoms with Crippen LogP contribution in [0.15, 0.2) is 48.5 Å². The number of hydrogen-bond acceptors (Lipinski definition) is 3. The van der Waals surface area contributed by atoms with Gasteiger partial charge in [-0.25, -0.2) is 0 Å². The lowest BCUT2D eigenvalue weighted by molar-refractivity contribution is -0.481. The van der Waals surface area contributed by atoms with E-state index in [1.165, 1.54) is 0 Å². The van der Waals surface area contributed by atoms with Gasteiger partial charge in [-0.1, -0.05) is 30.3 Å². The van der Waals surface area contributed by atoms with Crippen LogP contribution in [0.3, 0.4) is 0 Å². The van der Waals surface area contributed by atoms with Gasteiger partial charge in [-0.15, -0.1) is 0 Å². The molecule has 5 heteroatoms. The number of benzene rings is 2. The Bertz CT molecular complexity index is 837. The molecule has 2 aromatic carbocycles. The van der Waals surface area contributed by atoms with Crippen molar-refractivity contribution in [1.82, 2.24) is 4.98 Å². The van der Waals surface area contributed by atoms with Crippen molar-refractivity contribution in [3.63, 3.8) is 0 Å². The summed E-state index contributed by atoms with van der Waals surface area (Å²) < 4.78 is 5.17. The minimum atomic E-state index is -0.299. The maximum atomic E-state index is 11.2. The first-order valence-electron chi connectivity index (χ1n) is 7.43. The number of nitro groups is 1. The van der Waals surface area contributed by atoms with Crippen molar-refractivity contribution in [2.75, 3.05) is 13.7 Å². The molecule has 1 atom stereocenters. The molecular weight excluding hydrogens is 292 g/mol. The molecule has 0 unspecified atom stereocenters. The zero-order chi connectivity index (χ0) is 16.4. The molecule has 1 heterocycles. The predicted molar refractivity (Wildman–Crippen MR) is 89.7 cm³/mol. The largest absolute Gasteiger partial charge is 0.497 e. The number of nitrogens with one attached hydrogen (secondary N) is 1. The Balaban J connectivity index is 2.14. The van der Waals surface area contributed by atoms with Gasteiger partial charge in [0.05, 0.1) is 13.0 Å².